The lowest BCUT2D eigenvalue weighted by Crippen LogP contribution is -2.47. The van der Waals surface area contributed by atoms with E-state index in [1.165, 1.54) is 51.9 Å². The largest absolute Gasteiger partial charge is 0.314 e. The first-order chi connectivity index (χ1) is 9.25. The van der Waals surface area contributed by atoms with Crippen molar-refractivity contribution >= 4 is 0 Å². The van der Waals surface area contributed by atoms with E-state index in [1.807, 2.05) is 5.01 Å². The molecule has 0 radical (unpaired) electrons. The highest BCUT2D eigenvalue weighted by Gasteiger charge is 2.22. The third-order valence-corrected chi connectivity index (χ3v) is 4.53. The Morgan fingerprint density at radius 3 is 2.00 bits per heavy atom. The molecule has 0 aromatic heterocycles. The molecule has 1 saturated carbocycles. The highest BCUT2D eigenvalue weighted by Crippen LogP contribution is 2.23. The molecular formula is C14H31N5. The van der Waals surface area contributed by atoms with Gasteiger partial charge in [-0.05, 0) is 19.9 Å². The van der Waals surface area contributed by atoms with E-state index in [0.29, 0.717) is 0 Å². The summed E-state index contributed by atoms with van der Waals surface area (Å²) in [6.07, 6.45) is 5.85. The third-order valence-electron chi connectivity index (χ3n) is 4.53. The van der Waals surface area contributed by atoms with Crippen molar-refractivity contribution in [2.24, 2.45) is 5.84 Å². The van der Waals surface area contributed by atoms with Crippen molar-refractivity contribution < 1.29 is 0 Å². The monoisotopic (exact) mass is 269 g/mol. The van der Waals surface area contributed by atoms with E-state index in [2.05, 4.69) is 22.2 Å². The number of hydrazine groups is 1. The summed E-state index contributed by atoms with van der Waals surface area (Å²) in [7, 11) is 2.12. The van der Waals surface area contributed by atoms with Crippen LogP contribution in [0.15, 0.2) is 0 Å². The SMILES string of the molecule is C1CCC(N2CCNCC2)C1.CN1CCN(N)CC1. The molecule has 112 valence electrons. The Morgan fingerprint density at radius 2 is 1.47 bits per heavy atom. The molecule has 3 N–H and O–H groups in total. The average Bonchev–Trinajstić information content (AvgIpc) is 2.98. The van der Waals surface area contributed by atoms with Gasteiger partial charge in [-0.25, -0.2) is 5.01 Å². The minimum Gasteiger partial charge on any atom is -0.314 e. The van der Waals surface area contributed by atoms with E-state index in [-0.39, 0.29) is 0 Å². The van der Waals surface area contributed by atoms with Crippen LogP contribution in [0.4, 0.5) is 0 Å². The first-order valence-corrected chi connectivity index (χ1v) is 7.88. The van der Waals surface area contributed by atoms with Crippen molar-refractivity contribution in [3.63, 3.8) is 0 Å². The van der Waals surface area contributed by atoms with Crippen LogP contribution in [0.2, 0.25) is 0 Å². The molecule has 1 aliphatic carbocycles. The quantitative estimate of drug-likeness (QED) is 0.653. The molecule has 19 heavy (non-hydrogen) atoms. The van der Waals surface area contributed by atoms with Crippen molar-refractivity contribution in [2.75, 3.05) is 59.4 Å². The highest BCUT2D eigenvalue weighted by molar-refractivity contribution is 4.80. The number of nitrogens with zero attached hydrogens (tertiary/aromatic N) is 3. The highest BCUT2D eigenvalue weighted by atomic mass is 15.4. The predicted octanol–water partition coefficient (Wildman–Crippen LogP) is -0.0583. The summed E-state index contributed by atoms with van der Waals surface area (Å²) < 4.78 is 0. The Kier molecular flexibility index (Phi) is 6.53. The Labute approximate surface area is 118 Å². The molecule has 0 bridgehead atoms. The first kappa shape index (κ1) is 15.2. The second-order valence-electron chi connectivity index (χ2n) is 6.06. The minimum atomic E-state index is 0.942. The predicted molar refractivity (Wildman–Crippen MR) is 80.0 cm³/mol. The van der Waals surface area contributed by atoms with Crippen LogP contribution in [-0.4, -0.2) is 80.3 Å². The van der Waals surface area contributed by atoms with Crippen LogP contribution in [-0.2, 0) is 0 Å². The molecule has 0 atom stereocenters. The number of hydrogen-bond donors (Lipinski definition) is 2. The Morgan fingerprint density at radius 1 is 0.895 bits per heavy atom. The fourth-order valence-electron chi connectivity index (χ4n) is 3.14. The van der Waals surface area contributed by atoms with E-state index < -0.39 is 0 Å². The van der Waals surface area contributed by atoms with E-state index in [4.69, 9.17) is 5.84 Å². The summed E-state index contributed by atoms with van der Waals surface area (Å²) in [5.74, 6) is 5.50. The molecule has 3 aliphatic rings. The number of hydrogen-bond acceptors (Lipinski definition) is 5. The zero-order valence-electron chi connectivity index (χ0n) is 12.5. The molecule has 0 spiro atoms. The summed E-state index contributed by atoms with van der Waals surface area (Å²) in [5, 5.41) is 5.26. The van der Waals surface area contributed by atoms with Gasteiger partial charge < -0.3 is 10.2 Å². The molecule has 3 fully saturated rings. The molecule has 0 unspecified atom stereocenters. The van der Waals surface area contributed by atoms with E-state index in [1.54, 1.807) is 0 Å². The maximum Gasteiger partial charge on any atom is 0.0256 e. The summed E-state index contributed by atoms with van der Waals surface area (Å²) >= 11 is 0. The molecule has 0 amide bonds. The average molecular weight is 269 g/mol. The van der Waals surface area contributed by atoms with Crippen LogP contribution >= 0.6 is 0 Å². The topological polar surface area (TPSA) is 47.8 Å². The second-order valence-corrected chi connectivity index (χ2v) is 6.06. The first-order valence-electron chi connectivity index (χ1n) is 7.88. The molecule has 0 aromatic carbocycles. The second kappa shape index (κ2) is 8.17. The normalized spacial score (nSPS) is 28.1. The van der Waals surface area contributed by atoms with Gasteiger partial charge in [0, 0.05) is 58.4 Å². The lowest BCUT2D eigenvalue weighted by molar-refractivity contribution is 0.156. The zero-order chi connectivity index (χ0) is 13.5. The number of likely N-dealkylation sites (N-methyl/N-ethyl adjacent to an activating group) is 1. The molecule has 5 nitrogen and oxygen atoms in total. The van der Waals surface area contributed by atoms with E-state index in [9.17, 15) is 0 Å². The summed E-state index contributed by atoms with van der Waals surface area (Å²) in [5.41, 5.74) is 0. The van der Waals surface area contributed by atoms with Gasteiger partial charge in [-0.15, -0.1) is 0 Å². The number of rotatable bonds is 1. The van der Waals surface area contributed by atoms with E-state index in [0.717, 1.165) is 32.2 Å². The van der Waals surface area contributed by atoms with Gasteiger partial charge in [0.1, 0.15) is 0 Å². The lowest BCUT2D eigenvalue weighted by atomic mass is 10.2. The Balaban J connectivity index is 0.000000148. The fraction of sp³-hybridized carbons (Fsp3) is 1.00. The van der Waals surface area contributed by atoms with Crippen molar-refractivity contribution in [3.8, 4) is 0 Å². The van der Waals surface area contributed by atoms with Crippen LogP contribution in [0.3, 0.4) is 0 Å². The van der Waals surface area contributed by atoms with Crippen molar-refractivity contribution in [2.45, 2.75) is 31.7 Å². The van der Waals surface area contributed by atoms with Gasteiger partial charge in [0.15, 0.2) is 0 Å². The van der Waals surface area contributed by atoms with E-state index >= 15 is 0 Å². The molecule has 2 saturated heterocycles. The third kappa shape index (κ3) is 5.36. The number of nitrogens with two attached hydrogens (primary N) is 1. The van der Waals surface area contributed by atoms with Crippen LogP contribution in [0.25, 0.3) is 0 Å². The minimum absolute atomic E-state index is 0.942. The lowest BCUT2D eigenvalue weighted by Gasteiger charge is -2.32. The maximum absolute atomic E-state index is 5.50. The van der Waals surface area contributed by atoms with Gasteiger partial charge in [0.2, 0.25) is 0 Å². The summed E-state index contributed by atoms with van der Waals surface area (Å²) in [4.78, 5) is 4.95. The van der Waals surface area contributed by atoms with Crippen LogP contribution < -0.4 is 11.2 Å². The molecule has 2 heterocycles. The van der Waals surface area contributed by atoms with Crippen LogP contribution in [0, 0.1) is 0 Å². The summed E-state index contributed by atoms with van der Waals surface area (Å²) in [6.45, 7) is 9.21. The van der Waals surface area contributed by atoms with Gasteiger partial charge in [-0.3, -0.25) is 10.7 Å². The number of nitrogens with one attached hydrogen (secondary N) is 1. The Hall–Kier alpha value is -0.200. The van der Waals surface area contributed by atoms with Gasteiger partial charge in [-0.1, -0.05) is 12.8 Å². The van der Waals surface area contributed by atoms with Gasteiger partial charge in [0.05, 0.1) is 0 Å². The fourth-order valence-corrected chi connectivity index (χ4v) is 3.14. The molecule has 5 heteroatoms. The molecule has 3 rings (SSSR count). The molecule has 0 aromatic rings. The van der Waals surface area contributed by atoms with Crippen molar-refractivity contribution in [3.05, 3.63) is 0 Å². The molecule has 2 aliphatic heterocycles. The molecular weight excluding hydrogens is 238 g/mol. The van der Waals surface area contributed by atoms with Crippen LogP contribution in [0.5, 0.6) is 0 Å². The van der Waals surface area contributed by atoms with Gasteiger partial charge >= 0.3 is 0 Å². The van der Waals surface area contributed by atoms with Gasteiger partial charge in [-0.2, -0.15) is 0 Å². The maximum atomic E-state index is 5.50. The Bertz CT molecular complexity index is 218. The van der Waals surface area contributed by atoms with Gasteiger partial charge in [0.25, 0.3) is 0 Å². The zero-order valence-corrected chi connectivity index (χ0v) is 12.5. The smallest absolute Gasteiger partial charge is 0.0256 e. The van der Waals surface area contributed by atoms with Crippen molar-refractivity contribution in [1.82, 2.24) is 20.1 Å². The van der Waals surface area contributed by atoms with Crippen molar-refractivity contribution in [1.29, 1.82) is 0 Å². The van der Waals surface area contributed by atoms with Crippen LogP contribution in [0.1, 0.15) is 25.7 Å². The number of piperazine rings is 2. The standard InChI is InChI=1S/C9H18N2.C5H13N3/c1-2-4-9(3-1)11-7-5-10-6-8-11;1-7-2-4-8(6)5-3-7/h9-10H,1-8H2;2-6H2,1H3. The summed E-state index contributed by atoms with van der Waals surface area (Å²) in [6, 6.07) is 0.942.